The van der Waals surface area contributed by atoms with Crippen molar-refractivity contribution in [1.82, 2.24) is 0 Å². The number of carboxylic acid groups (broad SMARTS) is 1. The van der Waals surface area contributed by atoms with Crippen molar-refractivity contribution in [1.29, 1.82) is 0 Å². The fourth-order valence-corrected chi connectivity index (χ4v) is 3.09. The fourth-order valence-electron chi connectivity index (χ4n) is 1.42. The van der Waals surface area contributed by atoms with Crippen LogP contribution in [0, 0.1) is 5.92 Å². The molecule has 0 saturated carbocycles. The summed E-state index contributed by atoms with van der Waals surface area (Å²) in [5.74, 6) is -0.803. The van der Waals surface area contributed by atoms with Crippen LogP contribution in [0.25, 0.3) is 0 Å². The molecule has 0 rings (SSSR count). The summed E-state index contributed by atoms with van der Waals surface area (Å²) < 4.78 is 23.2. The lowest BCUT2D eigenvalue weighted by Gasteiger charge is -2.11. The lowest BCUT2D eigenvalue weighted by atomic mass is 10.1. The third kappa shape index (κ3) is 5.16. The SMILES string of the molecule is CCC(C(=O)O)S(=O)(=O)CCCC(C)C. The molecule has 0 spiro atoms. The van der Waals surface area contributed by atoms with Crippen molar-refractivity contribution in [2.45, 2.75) is 45.3 Å². The number of carboxylic acids is 1. The molecule has 15 heavy (non-hydrogen) atoms. The van der Waals surface area contributed by atoms with Crippen LogP contribution in [0.4, 0.5) is 0 Å². The van der Waals surface area contributed by atoms with Gasteiger partial charge in [-0.2, -0.15) is 0 Å². The number of hydrogen-bond acceptors (Lipinski definition) is 3. The highest BCUT2D eigenvalue weighted by Gasteiger charge is 2.29. The Bertz CT molecular complexity index is 293. The van der Waals surface area contributed by atoms with Crippen molar-refractivity contribution in [3.63, 3.8) is 0 Å². The number of rotatable bonds is 7. The minimum atomic E-state index is -3.47. The van der Waals surface area contributed by atoms with E-state index in [1.54, 1.807) is 6.92 Å². The Morgan fingerprint density at radius 1 is 1.33 bits per heavy atom. The van der Waals surface area contributed by atoms with Gasteiger partial charge in [-0.05, 0) is 18.8 Å². The topological polar surface area (TPSA) is 71.4 Å². The maximum atomic E-state index is 11.6. The summed E-state index contributed by atoms with van der Waals surface area (Å²) in [6.45, 7) is 5.61. The van der Waals surface area contributed by atoms with Gasteiger partial charge in [-0.1, -0.05) is 27.2 Å². The normalized spacial score (nSPS) is 14.1. The van der Waals surface area contributed by atoms with Gasteiger partial charge in [0, 0.05) is 0 Å². The number of aliphatic carboxylic acids is 1. The van der Waals surface area contributed by atoms with Gasteiger partial charge >= 0.3 is 5.97 Å². The molecule has 0 aliphatic rings. The standard InChI is InChI=1S/C10H20O4S/c1-4-9(10(11)12)15(13,14)7-5-6-8(2)3/h8-9H,4-7H2,1-3H3,(H,11,12). The van der Waals surface area contributed by atoms with Crippen molar-refractivity contribution in [2.75, 3.05) is 5.75 Å². The molecule has 0 heterocycles. The Morgan fingerprint density at radius 3 is 2.20 bits per heavy atom. The molecule has 4 nitrogen and oxygen atoms in total. The Labute approximate surface area is 91.6 Å². The molecule has 0 aromatic carbocycles. The van der Waals surface area contributed by atoms with E-state index in [9.17, 15) is 13.2 Å². The summed E-state index contributed by atoms with van der Waals surface area (Å²) in [6, 6.07) is 0. The van der Waals surface area contributed by atoms with Gasteiger partial charge in [0.2, 0.25) is 0 Å². The van der Waals surface area contributed by atoms with Crippen molar-refractivity contribution in [3.8, 4) is 0 Å². The summed E-state index contributed by atoms with van der Waals surface area (Å²) in [4.78, 5) is 10.7. The first-order valence-corrected chi connectivity index (χ1v) is 6.97. The van der Waals surface area contributed by atoms with E-state index in [2.05, 4.69) is 0 Å². The van der Waals surface area contributed by atoms with Gasteiger partial charge in [0.15, 0.2) is 15.1 Å². The lowest BCUT2D eigenvalue weighted by molar-refractivity contribution is -0.136. The Hall–Kier alpha value is -0.580. The quantitative estimate of drug-likeness (QED) is 0.730. The minimum Gasteiger partial charge on any atom is -0.480 e. The zero-order valence-corrected chi connectivity index (χ0v) is 10.4. The van der Waals surface area contributed by atoms with Crippen LogP contribution in [-0.4, -0.2) is 30.5 Å². The average molecular weight is 236 g/mol. The zero-order chi connectivity index (χ0) is 12.1. The molecular formula is C10H20O4S. The second kappa shape index (κ2) is 6.10. The van der Waals surface area contributed by atoms with Crippen LogP contribution >= 0.6 is 0 Å². The van der Waals surface area contributed by atoms with E-state index in [4.69, 9.17) is 5.11 Å². The highest BCUT2D eigenvalue weighted by molar-refractivity contribution is 7.92. The molecule has 0 aliphatic carbocycles. The van der Waals surface area contributed by atoms with E-state index in [0.29, 0.717) is 12.3 Å². The van der Waals surface area contributed by atoms with Gasteiger partial charge in [0.25, 0.3) is 0 Å². The first-order chi connectivity index (χ1) is 6.81. The number of sulfone groups is 1. The van der Waals surface area contributed by atoms with Crippen LogP contribution in [0.1, 0.15) is 40.0 Å². The molecule has 0 aromatic heterocycles. The van der Waals surface area contributed by atoms with Crippen LogP contribution in [0.5, 0.6) is 0 Å². The largest absolute Gasteiger partial charge is 0.480 e. The summed E-state index contributed by atoms with van der Waals surface area (Å²) in [6.07, 6.45) is 1.50. The Morgan fingerprint density at radius 2 is 1.87 bits per heavy atom. The molecule has 1 atom stereocenters. The molecule has 5 heteroatoms. The van der Waals surface area contributed by atoms with Crippen molar-refractivity contribution in [2.24, 2.45) is 5.92 Å². The third-order valence-electron chi connectivity index (χ3n) is 2.29. The van der Waals surface area contributed by atoms with Gasteiger partial charge in [-0.3, -0.25) is 4.79 Å². The van der Waals surface area contributed by atoms with E-state index in [-0.39, 0.29) is 12.2 Å². The monoisotopic (exact) mass is 236 g/mol. The van der Waals surface area contributed by atoms with Crippen molar-refractivity contribution >= 4 is 15.8 Å². The fraction of sp³-hybridized carbons (Fsp3) is 0.900. The summed E-state index contributed by atoms with van der Waals surface area (Å²) >= 11 is 0. The van der Waals surface area contributed by atoms with Crippen molar-refractivity contribution in [3.05, 3.63) is 0 Å². The first kappa shape index (κ1) is 14.4. The van der Waals surface area contributed by atoms with Crippen LogP contribution < -0.4 is 0 Å². The molecule has 0 aliphatic heterocycles. The van der Waals surface area contributed by atoms with E-state index >= 15 is 0 Å². The van der Waals surface area contributed by atoms with E-state index < -0.39 is 21.1 Å². The Balaban J connectivity index is 4.34. The molecule has 0 radical (unpaired) electrons. The molecule has 1 unspecified atom stereocenters. The first-order valence-electron chi connectivity index (χ1n) is 5.25. The molecule has 1 N–H and O–H groups in total. The molecule has 0 fully saturated rings. The van der Waals surface area contributed by atoms with E-state index in [1.807, 2.05) is 13.8 Å². The molecule has 0 amide bonds. The maximum Gasteiger partial charge on any atom is 0.321 e. The maximum absolute atomic E-state index is 11.6. The van der Waals surface area contributed by atoms with Gasteiger partial charge in [0.05, 0.1) is 5.75 Å². The summed E-state index contributed by atoms with van der Waals surface area (Å²) in [5, 5.41) is 7.51. The predicted molar refractivity (Wildman–Crippen MR) is 59.6 cm³/mol. The molecular weight excluding hydrogens is 216 g/mol. The Kier molecular flexibility index (Phi) is 5.87. The molecule has 0 saturated heterocycles. The van der Waals surface area contributed by atoms with Crippen LogP contribution in [-0.2, 0) is 14.6 Å². The van der Waals surface area contributed by atoms with Gasteiger partial charge in [0.1, 0.15) is 0 Å². The minimum absolute atomic E-state index is 0.0179. The molecule has 90 valence electrons. The molecule has 0 bridgehead atoms. The second-order valence-electron chi connectivity index (χ2n) is 4.14. The van der Waals surface area contributed by atoms with Gasteiger partial charge in [-0.25, -0.2) is 8.42 Å². The lowest BCUT2D eigenvalue weighted by Crippen LogP contribution is -2.31. The highest BCUT2D eigenvalue weighted by Crippen LogP contribution is 2.12. The predicted octanol–water partition coefficient (Wildman–Crippen LogP) is 1.70. The zero-order valence-electron chi connectivity index (χ0n) is 9.56. The van der Waals surface area contributed by atoms with Crippen LogP contribution in [0.15, 0.2) is 0 Å². The number of hydrogen-bond donors (Lipinski definition) is 1. The molecule has 0 aromatic rings. The second-order valence-corrected chi connectivity index (χ2v) is 6.44. The van der Waals surface area contributed by atoms with Crippen LogP contribution in [0.3, 0.4) is 0 Å². The number of carbonyl (C=O) groups is 1. The average Bonchev–Trinajstić information content (AvgIpc) is 2.01. The van der Waals surface area contributed by atoms with E-state index in [1.165, 1.54) is 0 Å². The van der Waals surface area contributed by atoms with Gasteiger partial charge in [-0.15, -0.1) is 0 Å². The summed E-state index contributed by atoms with van der Waals surface area (Å²) in [7, 11) is -3.47. The van der Waals surface area contributed by atoms with Crippen LogP contribution in [0.2, 0.25) is 0 Å². The van der Waals surface area contributed by atoms with Gasteiger partial charge < -0.3 is 5.11 Å². The smallest absolute Gasteiger partial charge is 0.321 e. The van der Waals surface area contributed by atoms with Crippen molar-refractivity contribution < 1.29 is 18.3 Å². The summed E-state index contributed by atoms with van der Waals surface area (Å²) in [5.41, 5.74) is 0. The highest BCUT2D eigenvalue weighted by atomic mass is 32.2. The van der Waals surface area contributed by atoms with E-state index in [0.717, 1.165) is 6.42 Å². The third-order valence-corrected chi connectivity index (χ3v) is 4.55.